The van der Waals surface area contributed by atoms with Crippen molar-refractivity contribution in [3.8, 4) is 22.3 Å². The second-order valence-electron chi connectivity index (χ2n) is 5.28. The topological polar surface area (TPSA) is 0 Å². The van der Waals surface area contributed by atoms with Crippen molar-refractivity contribution in [1.29, 1.82) is 0 Å². The minimum absolute atomic E-state index is 1.22. The van der Waals surface area contributed by atoms with E-state index in [0.717, 1.165) is 0 Å². The molecule has 0 aliphatic heterocycles. The van der Waals surface area contributed by atoms with Gasteiger partial charge < -0.3 is 0 Å². The molecule has 0 N–H and O–H groups in total. The van der Waals surface area contributed by atoms with E-state index in [2.05, 4.69) is 72.2 Å². The minimum atomic E-state index is 1.22. The van der Waals surface area contributed by atoms with Crippen LogP contribution in [0.5, 0.6) is 0 Å². The van der Waals surface area contributed by atoms with Gasteiger partial charge in [-0.2, -0.15) is 0 Å². The molecule has 0 amide bonds. The molecule has 0 unspecified atom stereocenters. The highest BCUT2D eigenvalue weighted by molar-refractivity contribution is 9.10. The van der Waals surface area contributed by atoms with Crippen LogP contribution in [0.15, 0.2) is 46.9 Å². The molecule has 1 aliphatic carbocycles. The van der Waals surface area contributed by atoms with E-state index in [1.807, 2.05) is 0 Å². The fourth-order valence-electron chi connectivity index (χ4n) is 3.23. The predicted octanol–water partition coefficient (Wildman–Crippen LogP) is 5.87. The Morgan fingerprint density at radius 2 is 1.53 bits per heavy atom. The molecule has 0 spiro atoms. The first-order valence-electron chi connectivity index (χ1n) is 6.50. The number of aryl methyl sites for hydroxylation is 2. The van der Waals surface area contributed by atoms with Crippen molar-refractivity contribution >= 4 is 26.7 Å². The summed E-state index contributed by atoms with van der Waals surface area (Å²) in [6.07, 6.45) is 0. The average Bonchev–Trinajstić information content (AvgIpc) is 2.74. The van der Waals surface area contributed by atoms with Gasteiger partial charge in [-0.05, 0) is 80.0 Å². The van der Waals surface area contributed by atoms with Gasteiger partial charge in [0.05, 0.1) is 0 Å². The predicted molar refractivity (Wildman–Crippen MR) is 85.6 cm³/mol. The van der Waals surface area contributed by atoms with Crippen LogP contribution in [-0.4, -0.2) is 0 Å². The van der Waals surface area contributed by atoms with E-state index < -0.39 is 0 Å². The Morgan fingerprint density at radius 1 is 0.789 bits per heavy atom. The number of benzene rings is 3. The number of fused-ring (bicyclic) bond motifs is 3. The van der Waals surface area contributed by atoms with Crippen LogP contribution in [0.1, 0.15) is 11.1 Å². The van der Waals surface area contributed by atoms with Crippen molar-refractivity contribution in [2.24, 2.45) is 0 Å². The first kappa shape index (κ1) is 11.2. The minimum Gasteiger partial charge on any atom is -0.0616 e. The summed E-state index contributed by atoms with van der Waals surface area (Å²) in [4.78, 5) is 0. The quantitative estimate of drug-likeness (QED) is 0.381. The summed E-state index contributed by atoms with van der Waals surface area (Å²) in [6.45, 7) is 4.37. The normalized spacial score (nSPS) is 11.9. The van der Waals surface area contributed by atoms with Crippen molar-refractivity contribution in [2.45, 2.75) is 13.8 Å². The Labute approximate surface area is 121 Å². The maximum atomic E-state index is 3.75. The van der Waals surface area contributed by atoms with Crippen molar-refractivity contribution in [3.63, 3.8) is 0 Å². The summed E-state index contributed by atoms with van der Waals surface area (Å²) in [7, 11) is 0. The van der Waals surface area contributed by atoms with Crippen molar-refractivity contribution in [3.05, 3.63) is 58.1 Å². The van der Waals surface area contributed by atoms with Crippen LogP contribution in [0.4, 0.5) is 0 Å². The van der Waals surface area contributed by atoms with Crippen LogP contribution < -0.4 is 0 Å². The molecule has 0 fully saturated rings. The molecule has 0 radical (unpaired) electrons. The number of hydrogen-bond donors (Lipinski definition) is 0. The van der Waals surface area contributed by atoms with E-state index >= 15 is 0 Å². The molecule has 1 heteroatoms. The third kappa shape index (κ3) is 1.34. The molecule has 19 heavy (non-hydrogen) atoms. The second kappa shape index (κ2) is 3.71. The van der Waals surface area contributed by atoms with Crippen LogP contribution in [-0.2, 0) is 0 Å². The van der Waals surface area contributed by atoms with Gasteiger partial charge in [-0.3, -0.25) is 0 Å². The molecule has 0 saturated heterocycles. The van der Waals surface area contributed by atoms with E-state index in [1.165, 1.54) is 48.6 Å². The molecular formula is C18H13Br. The molecule has 0 heterocycles. The maximum absolute atomic E-state index is 3.75. The molecule has 0 saturated carbocycles. The van der Waals surface area contributed by atoms with Crippen LogP contribution in [0, 0.1) is 13.8 Å². The van der Waals surface area contributed by atoms with Gasteiger partial charge in [-0.15, -0.1) is 0 Å². The Morgan fingerprint density at radius 3 is 2.32 bits per heavy atom. The van der Waals surface area contributed by atoms with Gasteiger partial charge in [-0.25, -0.2) is 0 Å². The van der Waals surface area contributed by atoms with E-state index in [1.54, 1.807) is 0 Å². The molecule has 3 aromatic rings. The van der Waals surface area contributed by atoms with Gasteiger partial charge in [-0.1, -0.05) is 36.4 Å². The summed E-state index contributed by atoms with van der Waals surface area (Å²) in [5.41, 5.74) is 8.18. The lowest BCUT2D eigenvalue weighted by molar-refractivity contribution is 1.46. The van der Waals surface area contributed by atoms with Gasteiger partial charge in [0.2, 0.25) is 0 Å². The van der Waals surface area contributed by atoms with E-state index in [0.29, 0.717) is 0 Å². The number of halogens is 1. The molecule has 0 aromatic heterocycles. The summed E-state index contributed by atoms with van der Waals surface area (Å²) in [6, 6.07) is 15.5. The average molecular weight is 309 g/mol. The van der Waals surface area contributed by atoms with Gasteiger partial charge in [0, 0.05) is 4.47 Å². The van der Waals surface area contributed by atoms with Crippen molar-refractivity contribution in [2.75, 3.05) is 0 Å². The molecule has 92 valence electrons. The number of hydrogen-bond acceptors (Lipinski definition) is 0. The largest absolute Gasteiger partial charge is 0.0616 e. The molecule has 1 aliphatic rings. The fourth-order valence-corrected chi connectivity index (χ4v) is 3.67. The highest BCUT2D eigenvalue weighted by Gasteiger charge is 2.23. The summed E-state index contributed by atoms with van der Waals surface area (Å²) in [5, 5.41) is 2.73. The van der Waals surface area contributed by atoms with Crippen LogP contribution >= 0.6 is 15.9 Å². The molecule has 3 aromatic carbocycles. The first-order valence-corrected chi connectivity index (χ1v) is 7.30. The zero-order valence-electron chi connectivity index (χ0n) is 10.9. The summed E-state index contributed by atoms with van der Waals surface area (Å²) < 4.78 is 1.22. The summed E-state index contributed by atoms with van der Waals surface area (Å²) in [5.74, 6) is 0. The lowest BCUT2D eigenvalue weighted by atomic mass is 9.97. The molecular weight excluding hydrogens is 296 g/mol. The van der Waals surface area contributed by atoms with Gasteiger partial charge in [0.25, 0.3) is 0 Å². The Kier molecular flexibility index (Phi) is 2.19. The van der Waals surface area contributed by atoms with Gasteiger partial charge >= 0.3 is 0 Å². The second-order valence-corrected chi connectivity index (χ2v) is 6.07. The smallest absolute Gasteiger partial charge is 0.0283 e. The molecule has 4 rings (SSSR count). The van der Waals surface area contributed by atoms with Crippen LogP contribution in [0.2, 0.25) is 0 Å². The zero-order valence-corrected chi connectivity index (χ0v) is 12.5. The fraction of sp³-hybridized carbons (Fsp3) is 0.111. The van der Waals surface area contributed by atoms with E-state index in [4.69, 9.17) is 0 Å². The van der Waals surface area contributed by atoms with Crippen molar-refractivity contribution < 1.29 is 0 Å². The monoisotopic (exact) mass is 308 g/mol. The summed E-state index contributed by atoms with van der Waals surface area (Å²) >= 11 is 3.75. The third-order valence-electron chi connectivity index (χ3n) is 4.11. The van der Waals surface area contributed by atoms with E-state index in [-0.39, 0.29) is 0 Å². The SMILES string of the molecule is Cc1cc2c3c(c(C)ccc3c1Br)-c1ccccc1-2. The van der Waals surface area contributed by atoms with Crippen molar-refractivity contribution in [1.82, 2.24) is 0 Å². The lowest BCUT2D eigenvalue weighted by Crippen LogP contribution is -1.84. The lowest BCUT2D eigenvalue weighted by Gasteiger charge is -2.09. The first-order chi connectivity index (χ1) is 9.18. The van der Waals surface area contributed by atoms with Crippen LogP contribution in [0.25, 0.3) is 33.0 Å². The molecule has 0 atom stereocenters. The van der Waals surface area contributed by atoms with Gasteiger partial charge in [0.15, 0.2) is 0 Å². The van der Waals surface area contributed by atoms with Gasteiger partial charge in [0.1, 0.15) is 0 Å². The Balaban J connectivity index is 2.33. The Bertz CT molecular complexity index is 844. The maximum Gasteiger partial charge on any atom is 0.0283 e. The van der Waals surface area contributed by atoms with Crippen LogP contribution in [0.3, 0.4) is 0 Å². The number of rotatable bonds is 0. The highest BCUT2D eigenvalue weighted by Crippen LogP contribution is 2.50. The highest BCUT2D eigenvalue weighted by atomic mass is 79.9. The Hall–Kier alpha value is -1.60. The van der Waals surface area contributed by atoms with E-state index in [9.17, 15) is 0 Å². The molecule has 0 nitrogen and oxygen atoms in total. The standard InChI is InChI=1S/C18H13Br/c1-10-7-8-14-17-15(9-11(2)18(14)19)12-5-3-4-6-13(12)16(10)17/h3-9H,1-2H3. The third-order valence-corrected chi connectivity index (χ3v) is 5.17. The zero-order chi connectivity index (χ0) is 13.1. The molecule has 0 bridgehead atoms.